The average molecular weight is 309 g/mol. The van der Waals surface area contributed by atoms with E-state index in [-0.39, 0.29) is 12.3 Å². The number of nitrogens with two attached hydrogens (primary N) is 1. The van der Waals surface area contributed by atoms with E-state index in [1.54, 1.807) is 18.2 Å². The van der Waals surface area contributed by atoms with Crippen molar-refractivity contribution >= 4 is 31.6 Å². The number of ether oxygens (including phenoxy) is 1. The quantitative estimate of drug-likeness (QED) is 0.855. The molecule has 0 aromatic heterocycles. The van der Waals surface area contributed by atoms with Crippen LogP contribution < -0.4 is 15.2 Å². The maximum atomic E-state index is 11.5. The van der Waals surface area contributed by atoms with Crippen LogP contribution in [0.2, 0.25) is 0 Å². The molecular weight excluding hydrogens is 296 g/mol. The molecule has 90 valence electrons. The van der Waals surface area contributed by atoms with Crippen molar-refractivity contribution in [2.75, 3.05) is 24.1 Å². The Morgan fingerprint density at radius 3 is 2.75 bits per heavy atom. The molecule has 0 saturated heterocycles. The monoisotopic (exact) mass is 308 g/mol. The predicted molar refractivity (Wildman–Crippen MR) is 67.2 cm³/mol. The zero-order chi connectivity index (χ0) is 12.2. The molecular formula is C9H13BrN2O3S. The summed E-state index contributed by atoms with van der Waals surface area (Å²) in [7, 11) is -1.93. The van der Waals surface area contributed by atoms with Crippen LogP contribution in [0, 0.1) is 0 Å². The molecule has 0 aliphatic heterocycles. The topological polar surface area (TPSA) is 81.4 Å². The zero-order valence-corrected chi connectivity index (χ0v) is 11.1. The van der Waals surface area contributed by atoms with Gasteiger partial charge in [0.25, 0.3) is 0 Å². The molecule has 0 spiro atoms. The first-order valence-electron chi connectivity index (χ1n) is 4.52. The second-order valence-electron chi connectivity index (χ2n) is 3.05. The molecule has 0 amide bonds. The zero-order valence-electron chi connectivity index (χ0n) is 8.73. The van der Waals surface area contributed by atoms with Gasteiger partial charge in [0.1, 0.15) is 5.75 Å². The molecule has 16 heavy (non-hydrogen) atoms. The van der Waals surface area contributed by atoms with E-state index >= 15 is 0 Å². The first-order valence-corrected chi connectivity index (χ1v) is 6.97. The molecule has 0 bridgehead atoms. The summed E-state index contributed by atoms with van der Waals surface area (Å²) in [6, 6.07) is 5.07. The van der Waals surface area contributed by atoms with Gasteiger partial charge in [0, 0.05) is 11.0 Å². The molecule has 3 N–H and O–H groups in total. The van der Waals surface area contributed by atoms with Crippen molar-refractivity contribution in [1.29, 1.82) is 0 Å². The van der Waals surface area contributed by atoms with Gasteiger partial charge in [-0.15, -0.1) is 0 Å². The van der Waals surface area contributed by atoms with Crippen molar-refractivity contribution in [3.05, 3.63) is 22.7 Å². The standard InChI is InChI=1S/C9H13BrN2O3S/c1-15-9-3-2-7(10)6-8(9)12-16(13,14)5-4-11/h2-3,6,12H,4-5,11H2,1H3. The molecule has 0 aliphatic rings. The minimum absolute atomic E-state index is 0.0751. The molecule has 1 rings (SSSR count). The summed E-state index contributed by atoms with van der Waals surface area (Å²) in [4.78, 5) is 0. The predicted octanol–water partition coefficient (Wildman–Crippen LogP) is 1.16. The van der Waals surface area contributed by atoms with Crippen molar-refractivity contribution in [3.63, 3.8) is 0 Å². The molecule has 0 atom stereocenters. The summed E-state index contributed by atoms with van der Waals surface area (Å²) in [5, 5.41) is 0. The Morgan fingerprint density at radius 1 is 1.50 bits per heavy atom. The van der Waals surface area contributed by atoms with E-state index in [2.05, 4.69) is 20.7 Å². The van der Waals surface area contributed by atoms with Crippen molar-refractivity contribution < 1.29 is 13.2 Å². The summed E-state index contributed by atoms with van der Waals surface area (Å²) in [5.74, 6) is 0.339. The van der Waals surface area contributed by atoms with Crippen LogP contribution in [0.3, 0.4) is 0 Å². The lowest BCUT2D eigenvalue weighted by atomic mass is 10.3. The van der Waals surface area contributed by atoms with Crippen molar-refractivity contribution in [2.45, 2.75) is 0 Å². The van der Waals surface area contributed by atoms with Gasteiger partial charge >= 0.3 is 0 Å². The lowest BCUT2D eigenvalue weighted by molar-refractivity contribution is 0.417. The van der Waals surface area contributed by atoms with E-state index in [9.17, 15) is 8.42 Å². The highest BCUT2D eigenvalue weighted by Gasteiger charge is 2.12. The lowest BCUT2D eigenvalue weighted by Gasteiger charge is -2.11. The molecule has 5 nitrogen and oxygen atoms in total. The van der Waals surface area contributed by atoms with Crippen molar-refractivity contribution in [1.82, 2.24) is 0 Å². The van der Waals surface area contributed by atoms with Gasteiger partial charge in [-0.2, -0.15) is 0 Å². The SMILES string of the molecule is COc1ccc(Br)cc1NS(=O)(=O)CCN. The van der Waals surface area contributed by atoms with Gasteiger partial charge in [-0.05, 0) is 18.2 Å². The third-order valence-electron chi connectivity index (χ3n) is 1.81. The van der Waals surface area contributed by atoms with Crippen LogP contribution in [-0.4, -0.2) is 27.8 Å². The number of halogens is 1. The fraction of sp³-hybridized carbons (Fsp3) is 0.333. The van der Waals surface area contributed by atoms with E-state index in [1.165, 1.54) is 7.11 Å². The Hall–Kier alpha value is -0.790. The molecule has 0 heterocycles. The maximum Gasteiger partial charge on any atom is 0.234 e. The summed E-state index contributed by atoms with van der Waals surface area (Å²) < 4.78 is 31.3. The first kappa shape index (κ1) is 13.3. The van der Waals surface area contributed by atoms with Gasteiger partial charge in [-0.1, -0.05) is 15.9 Å². The van der Waals surface area contributed by atoms with E-state index in [0.29, 0.717) is 11.4 Å². The van der Waals surface area contributed by atoms with Crippen LogP contribution in [0.15, 0.2) is 22.7 Å². The molecule has 7 heteroatoms. The van der Waals surface area contributed by atoms with Crippen LogP contribution in [-0.2, 0) is 10.0 Å². The maximum absolute atomic E-state index is 11.5. The van der Waals surface area contributed by atoms with Gasteiger partial charge < -0.3 is 10.5 Å². The second kappa shape index (κ2) is 5.51. The van der Waals surface area contributed by atoms with E-state index in [4.69, 9.17) is 10.5 Å². The summed E-state index contributed by atoms with van der Waals surface area (Å²) in [6.07, 6.45) is 0. The molecule has 0 radical (unpaired) electrons. The number of sulfonamides is 1. The van der Waals surface area contributed by atoms with Crippen LogP contribution in [0.1, 0.15) is 0 Å². The summed E-state index contributed by atoms with van der Waals surface area (Å²) in [5.41, 5.74) is 5.60. The van der Waals surface area contributed by atoms with Gasteiger partial charge in [-0.25, -0.2) is 8.42 Å². The van der Waals surface area contributed by atoms with Crippen LogP contribution in [0.4, 0.5) is 5.69 Å². The fourth-order valence-electron chi connectivity index (χ4n) is 1.13. The van der Waals surface area contributed by atoms with Crippen LogP contribution >= 0.6 is 15.9 Å². The number of hydrogen-bond donors (Lipinski definition) is 2. The minimum Gasteiger partial charge on any atom is -0.495 e. The molecule has 1 aromatic rings. The minimum atomic E-state index is -3.41. The Morgan fingerprint density at radius 2 is 2.19 bits per heavy atom. The second-order valence-corrected chi connectivity index (χ2v) is 5.81. The number of anilines is 1. The third-order valence-corrected chi connectivity index (χ3v) is 3.61. The number of methoxy groups -OCH3 is 1. The van der Waals surface area contributed by atoms with E-state index < -0.39 is 10.0 Å². The van der Waals surface area contributed by atoms with E-state index in [1.807, 2.05) is 0 Å². The lowest BCUT2D eigenvalue weighted by Crippen LogP contribution is -2.22. The highest BCUT2D eigenvalue weighted by atomic mass is 79.9. The highest BCUT2D eigenvalue weighted by Crippen LogP contribution is 2.28. The normalized spacial score (nSPS) is 11.2. The third kappa shape index (κ3) is 3.66. The number of benzene rings is 1. The van der Waals surface area contributed by atoms with E-state index in [0.717, 1.165) is 4.47 Å². The summed E-state index contributed by atoms with van der Waals surface area (Å²) in [6.45, 7) is 0.0751. The van der Waals surface area contributed by atoms with Crippen LogP contribution in [0.25, 0.3) is 0 Å². The molecule has 1 aromatic carbocycles. The Kier molecular flexibility index (Phi) is 4.57. The average Bonchev–Trinajstić information content (AvgIpc) is 2.17. The first-order chi connectivity index (χ1) is 7.48. The van der Waals surface area contributed by atoms with Gasteiger partial charge in [0.15, 0.2) is 0 Å². The molecule has 0 saturated carbocycles. The smallest absolute Gasteiger partial charge is 0.234 e. The van der Waals surface area contributed by atoms with Gasteiger partial charge in [0.05, 0.1) is 18.6 Å². The molecule has 0 aliphatic carbocycles. The highest BCUT2D eigenvalue weighted by molar-refractivity contribution is 9.10. The van der Waals surface area contributed by atoms with Crippen LogP contribution in [0.5, 0.6) is 5.75 Å². The molecule has 0 unspecified atom stereocenters. The largest absolute Gasteiger partial charge is 0.495 e. The Labute approximate surface area is 103 Å². The molecule has 0 fully saturated rings. The van der Waals surface area contributed by atoms with Gasteiger partial charge in [-0.3, -0.25) is 4.72 Å². The van der Waals surface area contributed by atoms with Crippen molar-refractivity contribution in [3.8, 4) is 5.75 Å². The van der Waals surface area contributed by atoms with Gasteiger partial charge in [0.2, 0.25) is 10.0 Å². The number of nitrogens with one attached hydrogen (secondary N) is 1. The number of hydrogen-bond acceptors (Lipinski definition) is 4. The number of rotatable bonds is 5. The Balaban J connectivity index is 3.00. The fourth-order valence-corrected chi connectivity index (χ4v) is 2.40. The van der Waals surface area contributed by atoms with Crippen molar-refractivity contribution in [2.24, 2.45) is 5.73 Å². The Bertz CT molecular complexity index is 462. The summed E-state index contributed by atoms with van der Waals surface area (Å²) >= 11 is 3.26.